The highest BCUT2D eigenvalue weighted by Gasteiger charge is 2.39. The summed E-state index contributed by atoms with van der Waals surface area (Å²) in [6.07, 6.45) is 33.3. The number of benzene rings is 3. The van der Waals surface area contributed by atoms with Crippen LogP contribution in [-0.2, 0) is 77.3 Å². The van der Waals surface area contributed by atoms with Crippen LogP contribution in [0.4, 0.5) is 17.8 Å². The number of ketones is 1. The Kier molecular flexibility index (Phi) is 37.3. The Morgan fingerprint density at radius 3 is 1.29 bits per heavy atom. The highest BCUT2D eigenvalue weighted by atomic mass is 32.2. The fraction of sp³-hybridized carbons (Fsp3) is 0.574. The molecule has 1 unspecified atom stereocenters. The number of esters is 3. The number of Topliss-reactive ketones (excluding diaryl/α,β-unsaturated/α-hetero) is 1. The van der Waals surface area contributed by atoms with Crippen LogP contribution in [0.15, 0.2) is 122 Å². The summed E-state index contributed by atoms with van der Waals surface area (Å²) in [6.45, 7) is 11.0. The second-order valence-corrected chi connectivity index (χ2v) is 45.3. The number of fused-ring (bicyclic) bond motifs is 3. The molecule has 7 heterocycles. The predicted molar refractivity (Wildman–Crippen MR) is 530 cm³/mol. The van der Waals surface area contributed by atoms with Gasteiger partial charge in [-0.15, -0.1) is 0 Å². The molecule has 0 spiro atoms. The number of rotatable bonds is 39. The van der Waals surface area contributed by atoms with Gasteiger partial charge in [0.2, 0.25) is 29.7 Å². The van der Waals surface area contributed by atoms with Crippen LogP contribution in [-0.4, -0.2) is 251 Å². The summed E-state index contributed by atoms with van der Waals surface area (Å²) in [7, 11) is -9.07. The van der Waals surface area contributed by atoms with Gasteiger partial charge in [-0.3, -0.25) is 33.6 Å². The molecule has 3 aromatic carbocycles. The third-order valence-corrected chi connectivity index (χ3v) is 30.7. The van der Waals surface area contributed by atoms with Gasteiger partial charge in [0, 0.05) is 166 Å². The summed E-state index contributed by atoms with van der Waals surface area (Å²) in [5.74, 6) is 4.09. The Labute approximate surface area is 814 Å². The molecular weight excluding hydrogens is 1840 g/mol. The number of carbonyl (C=O) groups is 7. The topological polar surface area (TPSA) is 479 Å². The van der Waals surface area contributed by atoms with Crippen molar-refractivity contribution in [3.8, 4) is 28.9 Å². The van der Waals surface area contributed by atoms with Gasteiger partial charge < -0.3 is 79.9 Å². The van der Waals surface area contributed by atoms with Gasteiger partial charge in [-0.25, -0.2) is 45.2 Å². The molecule has 2 amide bonds. The summed E-state index contributed by atoms with van der Waals surface area (Å²) in [5, 5.41) is 21.0. The van der Waals surface area contributed by atoms with Crippen LogP contribution < -0.4 is 41.6 Å². The molecular formula is C101H137N15O20S3. The number of carboxylic acid groups (broad SMARTS) is 1. The predicted octanol–water partition coefficient (Wildman–Crippen LogP) is 12.8. The number of nitrogens with zero attached hydrogens (tertiary/aromatic N) is 10. The highest BCUT2D eigenvalue weighted by Crippen LogP contribution is 2.42. The molecule has 5 aromatic heterocycles. The van der Waals surface area contributed by atoms with E-state index >= 15 is 0 Å². The number of allylic oxidation sites excluding steroid dienone is 1. The van der Waals surface area contributed by atoms with Gasteiger partial charge in [0.05, 0.1) is 66.6 Å². The third-order valence-electron chi connectivity index (χ3n) is 27.6. The van der Waals surface area contributed by atoms with E-state index in [-0.39, 0.29) is 132 Å². The number of piperidine rings is 2. The van der Waals surface area contributed by atoms with E-state index in [9.17, 15) is 58.8 Å². The molecule has 38 heteroatoms. The van der Waals surface area contributed by atoms with Crippen LogP contribution in [0, 0.1) is 35.5 Å². The zero-order valence-electron chi connectivity index (χ0n) is 80.8. The lowest BCUT2D eigenvalue weighted by molar-refractivity contribution is -0.156. The fourth-order valence-electron chi connectivity index (χ4n) is 19.3. The van der Waals surface area contributed by atoms with Crippen molar-refractivity contribution in [1.29, 1.82) is 0 Å². The van der Waals surface area contributed by atoms with E-state index < -0.39 is 53.5 Å². The number of ether oxygens (including phenoxy) is 6. The number of hydrogen-bond acceptors (Lipinski definition) is 30. The molecule has 35 nitrogen and oxygen atoms in total. The van der Waals surface area contributed by atoms with Crippen molar-refractivity contribution in [3.63, 3.8) is 0 Å². The van der Waals surface area contributed by atoms with E-state index in [1.165, 1.54) is 18.8 Å². The molecule has 0 bridgehead atoms. The molecule has 2 saturated heterocycles. The van der Waals surface area contributed by atoms with E-state index in [1.54, 1.807) is 18.6 Å². The lowest BCUT2D eigenvalue weighted by atomic mass is 9.75. The maximum atomic E-state index is 13.4. The average Bonchev–Trinajstić information content (AvgIpc) is 1.66. The first-order chi connectivity index (χ1) is 66.6. The Morgan fingerprint density at radius 1 is 0.460 bits per heavy atom. The lowest BCUT2D eigenvalue weighted by Crippen LogP contribution is -2.46. The first kappa shape index (κ1) is 105. The van der Waals surface area contributed by atoms with E-state index in [4.69, 9.17) is 59.9 Å². The summed E-state index contributed by atoms with van der Waals surface area (Å²) < 4.78 is 107. The van der Waals surface area contributed by atoms with Crippen LogP contribution in [0.1, 0.15) is 217 Å². The van der Waals surface area contributed by atoms with Gasteiger partial charge in [-0.05, 0) is 200 Å². The normalized spacial score (nSPS) is 21.6. The number of likely N-dealkylation sites (tertiary alicyclic amines) is 2. The first-order valence-electron chi connectivity index (χ1n) is 49.2. The van der Waals surface area contributed by atoms with Crippen molar-refractivity contribution in [2.75, 3.05) is 98.0 Å². The maximum Gasteiger partial charge on any atom is 0.323 e. The average molecular weight is 1980 g/mol. The van der Waals surface area contributed by atoms with E-state index in [0.717, 1.165) is 154 Å². The monoisotopic (exact) mass is 1980 g/mol. The minimum Gasteiger partial charge on any atom is -0.493 e. The van der Waals surface area contributed by atoms with Crippen LogP contribution in [0.5, 0.6) is 17.2 Å². The van der Waals surface area contributed by atoms with Crippen LogP contribution >= 0.6 is 0 Å². The Hall–Kier alpha value is -11.2. The number of amides is 2. The molecule has 4 saturated carbocycles. The van der Waals surface area contributed by atoms with Gasteiger partial charge >= 0.3 is 23.9 Å². The highest BCUT2D eigenvalue weighted by molar-refractivity contribution is 7.91. The van der Waals surface area contributed by atoms with Crippen molar-refractivity contribution >= 4 is 117 Å². The number of carboxylic acids is 1. The number of carbonyl (C=O) groups excluding carboxylic acids is 6. The fourth-order valence-corrected chi connectivity index (χ4v) is 21.2. The summed E-state index contributed by atoms with van der Waals surface area (Å²) in [6, 6.07) is 26.3. The molecule has 5 aliphatic carbocycles. The van der Waals surface area contributed by atoms with Crippen molar-refractivity contribution in [2.45, 2.75) is 249 Å². The largest absolute Gasteiger partial charge is 0.493 e. The zero-order valence-corrected chi connectivity index (χ0v) is 83.2. The van der Waals surface area contributed by atoms with Gasteiger partial charge in [0.25, 0.3) is 0 Å². The summed E-state index contributed by atoms with van der Waals surface area (Å²) in [4.78, 5) is 119. The van der Waals surface area contributed by atoms with Gasteiger partial charge in [-0.2, -0.15) is 9.97 Å². The van der Waals surface area contributed by atoms with Crippen molar-refractivity contribution in [3.05, 3.63) is 139 Å². The SMILES string of the molecule is CC(C)[C@@H](N)C(=O)OC1CCC(C(=O)C2CCC(Nc3nccc(C4C=Cc5c(OCCCS(C)(=O)=O)cccc54)n3)CC2)CC1.CC[C@H](C)[C@@H](N)C(=O)OC1CCN(C(=O)C2CCC(Nc3nccc(-n4ccc5c(OCCCS(C)(=O)=O)cccc54)n3)CC2)CC1.CS(=O)(=O)CCCOc1cccc2c1ccn2-c1ccnc(NC2CCC(C(=O)N3CCC(OC(=O)CCC(=O)O)CC3)CC2)n1. The Balaban J connectivity index is 0.000000176. The number of nitrogens with one attached hydrogen (secondary N) is 3. The minimum absolute atomic E-state index is 0.00717. The smallest absolute Gasteiger partial charge is 0.323 e. The molecule has 0 radical (unpaired) electrons. The van der Waals surface area contributed by atoms with Gasteiger partial charge in [0.15, 0.2) is 0 Å². The quantitative estimate of drug-likeness (QED) is 0.0118. The van der Waals surface area contributed by atoms with Gasteiger partial charge in [0.1, 0.15) is 94.6 Å². The minimum atomic E-state index is -3.03. The second kappa shape index (κ2) is 49.3. The lowest BCUT2D eigenvalue weighted by Gasteiger charge is -2.36. The van der Waals surface area contributed by atoms with Crippen molar-refractivity contribution < 1.29 is 92.3 Å². The van der Waals surface area contributed by atoms with E-state index in [1.807, 2.05) is 144 Å². The number of hydrogen-bond donors (Lipinski definition) is 6. The number of sulfone groups is 3. The molecule has 8 N–H and O–H groups in total. The first-order valence-corrected chi connectivity index (χ1v) is 55.4. The third kappa shape index (κ3) is 30.4. The Bertz CT molecular complexity index is 5910. The summed E-state index contributed by atoms with van der Waals surface area (Å²) >= 11 is 0. The number of aromatic nitrogens is 8. The standard InChI is InChI=1S/C35H48N4O6S.C34H48N6O6S.C32H41N5O8S/c1-22(2)32(36)34(41)45-26-14-10-24(11-15-26)33(40)23-8-12-25(13-9-23)38-35-37-19-18-30(39-35)28-16-17-29-27(28)6-4-7-31(29)44-20-5-21-46(3,42)43;1-4-23(2)31(35)33(42)46-26-14-18-39(19-15-26)32(41)24-9-11-25(12-10-24)37-34-36-17-13-30(38-34)40-20-16-27-28(40)7-5-8-29(27)45-21-6-22-47(3,43)44;1-46(42,43)21-3-20-44-27-5-2-4-26-25(27)15-19-37(26)28-12-16-33-32(35-28)34-23-8-6-22(7-9-23)31(41)36-17-13-24(14-18-36)45-30(40)11-10-29(38)39/h4,6-7,16-19,22-26,28,32H,5,8-15,20-21,36H2,1-3H3,(H,37,38,39);5,7-8,13,16-17,20,23-26,31H,4,6,9-12,14-15,18-19,21-22,35H2,1-3H3,(H,36,37,38);2,4-5,12,15-16,19,22-24H,3,6-11,13-14,17-18,20-21H2,1H3,(H,38,39)(H,33,34,35)/t23?,24?,25?,26?,28?,32-;23-,24?,25?,31+;/m10./s1. The molecule has 8 aromatic rings. The molecule has 4 atom stereocenters. The molecule has 139 heavy (non-hydrogen) atoms. The van der Waals surface area contributed by atoms with E-state index in [0.29, 0.717) is 138 Å². The molecule has 7 aliphatic rings. The number of aliphatic carboxylic acids is 1. The maximum absolute atomic E-state index is 13.4. The van der Waals surface area contributed by atoms with E-state index in [2.05, 4.69) is 43.0 Å². The number of nitrogens with two attached hydrogens (primary N) is 2. The number of anilines is 3. The molecule has 6 fully saturated rings. The molecule has 754 valence electrons. The van der Waals surface area contributed by atoms with Crippen molar-refractivity contribution in [2.24, 2.45) is 47.0 Å². The van der Waals surface area contributed by atoms with Gasteiger partial charge in [-0.1, -0.05) is 70.5 Å². The van der Waals surface area contributed by atoms with Crippen molar-refractivity contribution in [1.82, 2.24) is 48.8 Å². The molecule has 15 rings (SSSR count). The Morgan fingerprint density at radius 2 is 0.856 bits per heavy atom. The van der Waals surface area contributed by atoms with Crippen LogP contribution in [0.2, 0.25) is 0 Å². The summed E-state index contributed by atoms with van der Waals surface area (Å²) in [5.41, 5.74) is 16.8. The van der Waals surface area contributed by atoms with Crippen LogP contribution in [0.3, 0.4) is 0 Å². The van der Waals surface area contributed by atoms with Crippen LogP contribution in [0.25, 0.3) is 39.5 Å². The molecule has 2 aliphatic heterocycles. The zero-order chi connectivity index (χ0) is 99.1. The second-order valence-electron chi connectivity index (χ2n) is 38.6.